The van der Waals surface area contributed by atoms with E-state index < -0.39 is 15.2 Å². The Morgan fingerprint density at radius 1 is 1.22 bits per heavy atom. The molecular formula is C13H17BrINO2. The monoisotopic (exact) mass is 425 g/mol. The summed E-state index contributed by atoms with van der Waals surface area (Å²) in [6.45, 7) is 7.46. The molecule has 18 heavy (non-hydrogen) atoms. The first kappa shape index (κ1) is 15.8. The summed E-state index contributed by atoms with van der Waals surface area (Å²) in [5.41, 5.74) is 0.522. The van der Waals surface area contributed by atoms with E-state index in [4.69, 9.17) is 4.74 Å². The Morgan fingerprint density at radius 2 is 1.72 bits per heavy atom. The van der Waals surface area contributed by atoms with Crippen LogP contribution in [0.1, 0.15) is 33.3 Å². The second-order valence-electron chi connectivity index (χ2n) is 5.14. The number of carbonyl (C=O) groups excluding carboxylic acids is 1. The second kappa shape index (κ2) is 5.77. The van der Waals surface area contributed by atoms with Gasteiger partial charge in [0.25, 0.3) is 0 Å². The molecule has 0 aliphatic rings. The van der Waals surface area contributed by atoms with Crippen molar-refractivity contribution < 1.29 is 9.53 Å². The first-order valence-electron chi connectivity index (χ1n) is 5.56. The van der Waals surface area contributed by atoms with E-state index in [1.54, 1.807) is 0 Å². The van der Waals surface area contributed by atoms with E-state index in [1.165, 1.54) is 0 Å². The highest BCUT2D eigenvalue weighted by Gasteiger charge is 2.27. The van der Waals surface area contributed by atoms with E-state index in [2.05, 4.69) is 43.8 Å². The minimum Gasteiger partial charge on any atom is -0.444 e. The lowest BCUT2D eigenvalue weighted by atomic mass is 10.1. The largest absolute Gasteiger partial charge is 0.444 e. The van der Waals surface area contributed by atoms with Gasteiger partial charge in [0.05, 0.1) is 0 Å². The molecule has 1 aromatic carbocycles. The van der Waals surface area contributed by atoms with Crippen LogP contribution in [0.5, 0.6) is 0 Å². The average Bonchev–Trinajstić information content (AvgIpc) is 2.13. The number of carbonyl (C=O) groups is 1. The minimum absolute atomic E-state index is 0.415. The van der Waals surface area contributed by atoms with Gasteiger partial charge in [-0.3, -0.25) is 0 Å². The molecule has 1 N–H and O–H groups in total. The highest BCUT2D eigenvalue weighted by Crippen LogP contribution is 2.29. The Morgan fingerprint density at radius 3 is 2.17 bits per heavy atom. The zero-order valence-corrected chi connectivity index (χ0v) is 14.6. The van der Waals surface area contributed by atoms with Gasteiger partial charge in [-0.2, -0.15) is 0 Å². The maximum Gasteiger partial charge on any atom is 0.408 e. The highest BCUT2D eigenvalue weighted by atomic mass is 127. The molecule has 1 atom stereocenters. The van der Waals surface area contributed by atoms with Crippen molar-refractivity contribution in [1.82, 2.24) is 5.32 Å². The summed E-state index contributed by atoms with van der Waals surface area (Å²) in [6.07, 6.45) is -0.415. The van der Waals surface area contributed by atoms with Crippen LogP contribution in [0.15, 0.2) is 28.7 Å². The molecule has 0 aromatic heterocycles. The Balaban J connectivity index is 2.75. The lowest BCUT2D eigenvalue weighted by Gasteiger charge is -2.27. The number of hydrogen-bond acceptors (Lipinski definition) is 2. The third kappa shape index (κ3) is 5.14. The van der Waals surface area contributed by atoms with Gasteiger partial charge in [-0.15, -0.1) is 0 Å². The molecule has 0 radical (unpaired) electrons. The fourth-order valence-corrected chi connectivity index (χ4v) is 2.17. The van der Waals surface area contributed by atoms with Gasteiger partial charge in [0, 0.05) is 4.47 Å². The molecule has 1 aromatic rings. The van der Waals surface area contributed by atoms with Crippen molar-refractivity contribution in [2.24, 2.45) is 0 Å². The number of halogens is 2. The van der Waals surface area contributed by atoms with Crippen LogP contribution in [0, 0.1) is 0 Å². The third-order valence-corrected chi connectivity index (χ3v) is 3.54. The third-order valence-electron chi connectivity index (χ3n) is 2.12. The summed E-state index contributed by atoms with van der Waals surface area (Å²) in [7, 11) is 0. The molecule has 0 fully saturated rings. The van der Waals surface area contributed by atoms with Crippen molar-refractivity contribution in [2.75, 3.05) is 0 Å². The number of amides is 1. The van der Waals surface area contributed by atoms with Crippen molar-refractivity contribution in [3.63, 3.8) is 0 Å². The van der Waals surface area contributed by atoms with Gasteiger partial charge in [0.2, 0.25) is 0 Å². The Kier molecular flexibility index (Phi) is 5.05. The van der Waals surface area contributed by atoms with Crippen LogP contribution in [-0.4, -0.2) is 11.7 Å². The lowest BCUT2D eigenvalue weighted by Crippen LogP contribution is -2.41. The molecule has 0 heterocycles. The summed E-state index contributed by atoms with van der Waals surface area (Å²) >= 11 is 5.58. The van der Waals surface area contributed by atoms with E-state index in [0.29, 0.717) is 0 Å². The molecule has 0 spiro atoms. The van der Waals surface area contributed by atoms with Crippen LogP contribution < -0.4 is 5.32 Å². The van der Waals surface area contributed by atoms with Crippen molar-refractivity contribution >= 4 is 44.6 Å². The molecule has 0 aliphatic heterocycles. The van der Waals surface area contributed by atoms with Crippen LogP contribution in [0.25, 0.3) is 0 Å². The molecule has 5 heteroatoms. The van der Waals surface area contributed by atoms with Gasteiger partial charge < -0.3 is 10.1 Å². The van der Waals surface area contributed by atoms with Gasteiger partial charge >= 0.3 is 6.09 Å². The first-order chi connectivity index (χ1) is 8.10. The van der Waals surface area contributed by atoms with E-state index in [9.17, 15) is 4.79 Å². The van der Waals surface area contributed by atoms with E-state index in [1.807, 2.05) is 52.0 Å². The molecule has 100 valence electrons. The van der Waals surface area contributed by atoms with Crippen molar-refractivity contribution in [2.45, 2.75) is 36.8 Å². The fraction of sp³-hybridized carbons (Fsp3) is 0.462. The van der Waals surface area contributed by atoms with Crippen LogP contribution in [0.3, 0.4) is 0 Å². The van der Waals surface area contributed by atoms with E-state index in [-0.39, 0.29) is 0 Å². The summed E-state index contributed by atoms with van der Waals surface area (Å²) in [4.78, 5) is 11.8. The first-order valence-corrected chi connectivity index (χ1v) is 7.43. The lowest BCUT2D eigenvalue weighted by molar-refractivity contribution is 0.0503. The van der Waals surface area contributed by atoms with Gasteiger partial charge in [-0.1, -0.05) is 28.1 Å². The summed E-state index contributed by atoms with van der Waals surface area (Å²) in [6, 6.07) is 7.83. The number of rotatable bonds is 2. The predicted octanol–water partition coefficient (Wildman–Crippen LogP) is 4.58. The smallest absolute Gasteiger partial charge is 0.408 e. The quantitative estimate of drug-likeness (QED) is 0.427. The van der Waals surface area contributed by atoms with Crippen molar-refractivity contribution in [3.05, 3.63) is 34.3 Å². The van der Waals surface area contributed by atoms with Crippen LogP contribution in [-0.2, 0) is 8.28 Å². The number of alkyl carbamates (subject to hydrolysis) is 1. The zero-order chi connectivity index (χ0) is 14.0. The maximum atomic E-state index is 11.8. The second-order valence-corrected chi connectivity index (χ2v) is 8.21. The van der Waals surface area contributed by atoms with Gasteiger partial charge in [0.15, 0.2) is 0 Å². The molecule has 1 rings (SSSR count). The Hall–Kier alpha value is -0.300. The molecule has 0 saturated heterocycles. The molecule has 3 nitrogen and oxygen atoms in total. The number of hydrogen-bond donors (Lipinski definition) is 1. The minimum atomic E-state index is -0.499. The van der Waals surface area contributed by atoms with Gasteiger partial charge in [0.1, 0.15) is 9.15 Å². The fourth-order valence-electron chi connectivity index (χ4n) is 1.33. The standard InChI is InChI=1S/C13H17BrINO2/c1-12(2,3)18-11(17)16-13(4,15)9-5-7-10(14)8-6-9/h5-8H,1-4H3,(H,16,17). The maximum absolute atomic E-state index is 11.8. The molecule has 1 unspecified atom stereocenters. The normalized spacial score (nSPS) is 14.8. The Labute approximate surface area is 130 Å². The molecular weight excluding hydrogens is 409 g/mol. The number of benzene rings is 1. The van der Waals surface area contributed by atoms with E-state index in [0.717, 1.165) is 10.0 Å². The van der Waals surface area contributed by atoms with Crippen molar-refractivity contribution in [1.29, 1.82) is 0 Å². The number of nitrogens with one attached hydrogen (secondary N) is 1. The molecule has 0 bridgehead atoms. The van der Waals surface area contributed by atoms with Crippen LogP contribution in [0.2, 0.25) is 0 Å². The topological polar surface area (TPSA) is 38.3 Å². The SMILES string of the molecule is CC(C)(C)OC(=O)NC(C)(I)c1ccc(Br)cc1. The summed E-state index contributed by atoms with van der Waals surface area (Å²) < 4.78 is 5.77. The number of ether oxygens (including phenoxy) is 1. The van der Waals surface area contributed by atoms with Crippen LogP contribution in [0.4, 0.5) is 4.79 Å². The predicted molar refractivity (Wildman–Crippen MR) is 84.9 cm³/mol. The molecule has 1 amide bonds. The van der Waals surface area contributed by atoms with Gasteiger partial charge in [-0.25, -0.2) is 4.79 Å². The highest BCUT2D eigenvalue weighted by molar-refractivity contribution is 14.1. The van der Waals surface area contributed by atoms with E-state index >= 15 is 0 Å². The molecule has 0 saturated carbocycles. The van der Waals surface area contributed by atoms with Gasteiger partial charge in [-0.05, 0) is 68.0 Å². The average molecular weight is 426 g/mol. The summed E-state index contributed by atoms with van der Waals surface area (Å²) in [5.74, 6) is 0. The van der Waals surface area contributed by atoms with Crippen LogP contribution >= 0.6 is 38.5 Å². The number of alkyl halides is 1. The van der Waals surface area contributed by atoms with Crippen molar-refractivity contribution in [3.8, 4) is 0 Å². The zero-order valence-electron chi connectivity index (χ0n) is 10.9. The summed E-state index contributed by atoms with van der Waals surface area (Å²) in [5, 5.41) is 2.86. The Bertz CT molecular complexity index is 424. The molecule has 0 aliphatic carbocycles.